The average molecular weight is 442 g/mol. The first-order valence-corrected chi connectivity index (χ1v) is 11.3. The number of rotatable bonds is 7. The number of aromatic nitrogens is 2. The van der Waals surface area contributed by atoms with Gasteiger partial charge < -0.3 is 14.6 Å². The van der Waals surface area contributed by atoms with Crippen LogP contribution in [0.2, 0.25) is 0 Å². The molecule has 0 saturated heterocycles. The molecule has 1 amide bonds. The van der Waals surface area contributed by atoms with Gasteiger partial charge >= 0.3 is 0 Å². The van der Waals surface area contributed by atoms with E-state index in [1.165, 1.54) is 11.1 Å². The molecule has 4 aromatic rings. The summed E-state index contributed by atoms with van der Waals surface area (Å²) >= 11 is 0. The lowest BCUT2D eigenvalue weighted by Crippen LogP contribution is -2.32. The fourth-order valence-electron chi connectivity index (χ4n) is 3.90. The number of carbonyl (C=O) groups excluding carboxylic acids is 1. The summed E-state index contributed by atoms with van der Waals surface area (Å²) in [5.74, 6) is 1.31. The smallest absolute Gasteiger partial charge is 0.258 e. The number of ether oxygens (including phenoxy) is 1. The number of amides is 1. The number of fused-ring (bicyclic) bond motifs is 1. The summed E-state index contributed by atoms with van der Waals surface area (Å²) in [7, 11) is 0. The van der Waals surface area contributed by atoms with E-state index in [-0.39, 0.29) is 24.0 Å². The van der Waals surface area contributed by atoms with Gasteiger partial charge in [-0.3, -0.25) is 4.79 Å². The van der Waals surface area contributed by atoms with Crippen molar-refractivity contribution in [3.05, 3.63) is 95.8 Å². The standard InChI is InChI=1S/C28H31N3O2/c1-20(29-26(32)19-33-23-10-6-5-7-11-23)27-30-24-12-8-9-13-25(24)31(27)18-21-14-16-22(17-15-21)28(2,3)4/h5-17,20H,18-19H2,1-4H3,(H,29,32). The number of nitrogens with one attached hydrogen (secondary N) is 1. The minimum absolute atomic E-state index is 0.0388. The Kier molecular flexibility index (Phi) is 6.50. The molecule has 1 N–H and O–H groups in total. The molecule has 1 aromatic heterocycles. The lowest BCUT2D eigenvalue weighted by Gasteiger charge is -2.20. The summed E-state index contributed by atoms with van der Waals surface area (Å²) in [6, 6.07) is 25.9. The molecule has 0 radical (unpaired) electrons. The van der Waals surface area contributed by atoms with Crippen LogP contribution in [0.5, 0.6) is 5.75 Å². The molecule has 0 saturated carbocycles. The highest BCUT2D eigenvalue weighted by Crippen LogP contribution is 2.25. The molecular weight excluding hydrogens is 410 g/mol. The summed E-state index contributed by atoms with van der Waals surface area (Å²) in [6.45, 7) is 9.25. The van der Waals surface area contributed by atoms with Gasteiger partial charge in [0.05, 0.1) is 17.1 Å². The summed E-state index contributed by atoms with van der Waals surface area (Å²) in [5.41, 5.74) is 4.58. The number of benzene rings is 3. The van der Waals surface area contributed by atoms with Crippen LogP contribution in [0, 0.1) is 0 Å². The van der Waals surface area contributed by atoms with E-state index in [2.05, 4.69) is 61.0 Å². The molecule has 1 atom stereocenters. The highest BCUT2D eigenvalue weighted by molar-refractivity contribution is 5.79. The Morgan fingerprint density at radius 3 is 2.33 bits per heavy atom. The third-order valence-electron chi connectivity index (χ3n) is 5.72. The molecule has 0 aliphatic heterocycles. The van der Waals surface area contributed by atoms with Crippen molar-refractivity contribution in [3.63, 3.8) is 0 Å². The zero-order valence-electron chi connectivity index (χ0n) is 19.7. The third-order valence-corrected chi connectivity index (χ3v) is 5.72. The average Bonchev–Trinajstić information content (AvgIpc) is 3.17. The molecule has 0 fully saturated rings. The summed E-state index contributed by atoms with van der Waals surface area (Å²) in [5, 5.41) is 3.04. The van der Waals surface area contributed by atoms with E-state index < -0.39 is 0 Å². The first-order valence-electron chi connectivity index (χ1n) is 11.3. The van der Waals surface area contributed by atoms with E-state index in [0.29, 0.717) is 12.3 Å². The molecule has 0 spiro atoms. The third kappa shape index (κ3) is 5.43. The van der Waals surface area contributed by atoms with Crippen molar-refractivity contribution in [2.24, 2.45) is 0 Å². The van der Waals surface area contributed by atoms with Gasteiger partial charge in [-0.15, -0.1) is 0 Å². The zero-order chi connectivity index (χ0) is 23.4. The van der Waals surface area contributed by atoms with Crippen molar-refractivity contribution in [1.82, 2.24) is 14.9 Å². The normalized spacial score (nSPS) is 12.5. The maximum atomic E-state index is 12.5. The highest BCUT2D eigenvalue weighted by atomic mass is 16.5. The Labute approximate surface area is 195 Å². The number of hydrogen-bond acceptors (Lipinski definition) is 3. The van der Waals surface area contributed by atoms with Gasteiger partial charge in [0.1, 0.15) is 11.6 Å². The van der Waals surface area contributed by atoms with Gasteiger partial charge in [-0.1, -0.05) is 75.4 Å². The van der Waals surface area contributed by atoms with Crippen LogP contribution in [0.4, 0.5) is 0 Å². The lowest BCUT2D eigenvalue weighted by atomic mass is 9.87. The van der Waals surface area contributed by atoms with Crippen molar-refractivity contribution < 1.29 is 9.53 Å². The molecule has 1 unspecified atom stereocenters. The Balaban J connectivity index is 1.53. The van der Waals surface area contributed by atoms with Crippen molar-refractivity contribution in [1.29, 1.82) is 0 Å². The van der Waals surface area contributed by atoms with E-state index in [4.69, 9.17) is 9.72 Å². The van der Waals surface area contributed by atoms with Crippen LogP contribution in [-0.2, 0) is 16.8 Å². The van der Waals surface area contributed by atoms with Crippen LogP contribution in [0.25, 0.3) is 11.0 Å². The minimum atomic E-state index is -0.266. The van der Waals surface area contributed by atoms with Crippen molar-refractivity contribution in [3.8, 4) is 5.75 Å². The minimum Gasteiger partial charge on any atom is -0.484 e. The van der Waals surface area contributed by atoms with E-state index in [9.17, 15) is 4.79 Å². The molecule has 5 heteroatoms. The monoisotopic (exact) mass is 441 g/mol. The Morgan fingerprint density at radius 2 is 1.64 bits per heavy atom. The summed E-state index contributed by atoms with van der Waals surface area (Å²) in [4.78, 5) is 17.4. The van der Waals surface area contributed by atoms with Gasteiger partial charge in [-0.25, -0.2) is 4.98 Å². The predicted octanol–water partition coefficient (Wildman–Crippen LogP) is 5.64. The number of hydrogen-bond donors (Lipinski definition) is 1. The van der Waals surface area contributed by atoms with E-state index in [1.807, 2.05) is 55.5 Å². The number of imidazole rings is 1. The lowest BCUT2D eigenvalue weighted by molar-refractivity contribution is -0.123. The number of nitrogens with zero attached hydrogens (tertiary/aromatic N) is 2. The van der Waals surface area contributed by atoms with Crippen LogP contribution in [0.15, 0.2) is 78.9 Å². The molecule has 3 aromatic carbocycles. The van der Waals surface area contributed by atoms with Gasteiger partial charge in [0.2, 0.25) is 0 Å². The molecule has 4 rings (SSSR count). The van der Waals surface area contributed by atoms with Gasteiger partial charge in [0.25, 0.3) is 5.91 Å². The predicted molar refractivity (Wildman–Crippen MR) is 132 cm³/mol. The Bertz CT molecular complexity index is 1220. The van der Waals surface area contributed by atoms with Crippen LogP contribution in [0.1, 0.15) is 50.7 Å². The molecule has 33 heavy (non-hydrogen) atoms. The SMILES string of the molecule is CC(NC(=O)COc1ccccc1)c1nc2ccccc2n1Cc1ccc(C(C)(C)C)cc1. The Morgan fingerprint density at radius 1 is 0.970 bits per heavy atom. The first-order chi connectivity index (χ1) is 15.8. The zero-order valence-corrected chi connectivity index (χ0v) is 19.7. The molecule has 1 heterocycles. The van der Waals surface area contributed by atoms with Crippen molar-refractivity contribution in [2.45, 2.75) is 45.7 Å². The fourth-order valence-corrected chi connectivity index (χ4v) is 3.90. The van der Waals surface area contributed by atoms with E-state index in [0.717, 1.165) is 16.9 Å². The second-order valence-electron chi connectivity index (χ2n) is 9.38. The van der Waals surface area contributed by atoms with Gasteiger partial charge in [-0.05, 0) is 47.7 Å². The maximum Gasteiger partial charge on any atom is 0.258 e. The molecule has 0 bridgehead atoms. The summed E-state index contributed by atoms with van der Waals surface area (Å²) < 4.78 is 7.77. The molecule has 0 aliphatic carbocycles. The highest BCUT2D eigenvalue weighted by Gasteiger charge is 2.19. The largest absolute Gasteiger partial charge is 0.484 e. The molecular formula is C28H31N3O2. The number of para-hydroxylation sites is 3. The summed E-state index contributed by atoms with van der Waals surface area (Å²) in [6.07, 6.45) is 0. The van der Waals surface area contributed by atoms with Gasteiger partial charge in [-0.2, -0.15) is 0 Å². The Hall–Kier alpha value is -3.60. The van der Waals surface area contributed by atoms with E-state index in [1.54, 1.807) is 0 Å². The molecule has 0 aliphatic rings. The van der Waals surface area contributed by atoms with Gasteiger partial charge in [0.15, 0.2) is 6.61 Å². The molecule has 5 nitrogen and oxygen atoms in total. The van der Waals surface area contributed by atoms with Crippen LogP contribution in [0.3, 0.4) is 0 Å². The molecule has 170 valence electrons. The first kappa shape index (κ1) is 22.6. The second kappa shape index (κ2) is 9.49. The maximum absolute atomic E-state index is 12.5. The number of carbonyl (C=O) groups is 1. The van der Waals surface area contributed by atoms with Crippen molar-refractivity contribution in [2.75, 3.05) is 6.61 Å². The van der Waals surface area contributed by atoms with Crippen molar-refractivity contribution >= 4 is 16.9 Å². The quantitative estimate of drug-likeness (QED) is 0.404. The van der Waals surface area contributed by atoms with Crippen LogP contribution in [-0.4, -0.2) is 22.1 Å². The van der Waals surface area contributed by atoms with Gasteiger partial charge in [0, 0.05) is 6.54 Å². The topological polar surface area (TPSA) is 56.1 Å². The van der Waals surface area contributed by atoms with Crippen LogP contribution < -0.4 is 10.1 Å². The second-order valence-corrected chi connectivity index (χ2v) is 9.38. The van der Waals surface area contributed by atoms with E-state index >= 15 is 0 Å². The fraction of sp³-hybridized carbons (Fsp3) is 0.286. The van der Waals surface area contributed by atoms with Crippen LogP contribution >= 0.6 is 0 Å².